The molecule has 0 saturated heterocycles. The Labute approximate surface area is 136 Å². The van der Waals surface area contributed by atoms with E-state index in [1.165, 1.54) is 12.8 Å². The van der Waals surface area contributed by atoms with Crippen molar-refractivity contribution < 1.29 is 13.9 Å². The first-order chi connectivity index (χ1) is 11.2. The van der Waals surface area contributed by atoms with E-state index in [1.54, 1.807) is 13.3 Å². The maximum atomic E-state index is 11.9. The molecule has 0 radical (unpaired) electrons. The number of aryl methyl sites for hydroxylation is 1. The molecule has 1 N–H and O–H groups in total. The van der Waals surface area contributed by atoms with Gasteiger partial charge in [-0.3, -0.25) is 4.79 Å². The molecule has 5 nitrogen and oxygen atoms in total. The van der Waals surface area contributed by atoms with Crippen molar-refractivity contribution >= 4 is 5.91 Å². The van der Waals surface area contributed by atoms with E-state index in [9.17, 15) is 4.79 Å². The second kappa shape index (κ2) is 7.31. The van der Waals surface area contributed by atoms with Crippen LogP contribution in [0.3, 0.4) is 0 Å². The fourth-order valence-electron chi connectivity index (χ4n) is 2.91. The average Bonchev–Trinajstić information content (AvgIpc) is 3.25. The zero-order valence-electron chi connectivity index (χ0n) is 13.4. The highest BCUT2D eigenvalue weighted by Crippen LogP contribution is 2.23. The summed E-state index contributed by atoms with van der Waals surface area (Å²) in [6.07, 6.45) is 7.28. The molecule has 1 amide bonds. The fourth-order valence-corrected chi connectivity index (χ4v) is 2.91. The minimum absolute atomic E-state index is 0.0843. The number of nitrogens with zero attached hydrogens (tertiary/aromatic N) is 1. The third kappa shape index (κ3) is 4.12. The van der Waals surface area contributed by atoms with Crippen LogP contribution in [0, 0.1) is 0 Å². The summed E-state index contributed by atoms with van der Waals surface area (Å²) < 4.78 is 10.9. The number of rotatable bonds is 6. The van der Waals surface area contributed by atoms with Gasteiger partial charge in [-0.1, -0.05) is 12.8 Å². The molecule has 1 aliphatic carbocycles. The van der Waals surface area contributed by atoms with Gasteiger partial charge in [0.2, 0.25) is 5.91 Å². The molecule has 122 valence electrons. The van der Waals surface area contributed by atoms with E-state index < -0.39 is 0 Å². The van der Waals surface area contributed by atoms with Crippen LogP contribution in [0.5, 0.6) is 5.75 Å². The van der Waals surface area contributed by atoms with Crippen LogP contribution in [0.15, 0.2) is 34.9 Å². The Hall–Kier alpha value is -2.30. The number of hydrogen-bond donors (Lipinski definition) is 1. The molecule has 0 bridgehead atoms. The van der Waals surface area contributed by atoms with Gasteiger partial charge in [-0.25, -0.2) is 4.98 Å². The number of carbonyl (C=O) groups excluding carboxylic acids is 1. The van der Waals surface area contributed by atoms with Crippen molar-refractivity contribution in [2.45, 2.75) is 44.6 Å². The van der Waals surface area contributed by atoms with Crippen LogP contribution >= 0.6 is 0 Å². The number of ether oxygens (including phenoxy) is 1. The van der Waals surface area contributed by atoms with Crippen LogP contribution in [0.25, 0.3) is 11.3 Å². The highest BCUT2D eigenvalue weighted by molar-refractivity contribution is 5.76. The van der Waals surface area contributed by atoms with Crippen LogP contribution in [0.1, 0.15) is 38.0 Å². The number of amides is 1. The van der Waals surface area contributed by atoms with Gasteiger partial charge >= 0.3 is 0 Å². The number of aromatic nitrogens is 1. The Morgan fingerprint density at radius 3 is 2.74 bits per heavy atom. The molecule has 0 unspecified atom stereocenters. The number of oxazole rings is 1. The standard InChI is InChI=1S/C18H22N2O3/c1-22-15-8-6-13(7-9-15)16-12-19-18(23-16)11-10-17(21)20-14-4-2-3-5-14/h6-9,12,14H,2-5,10-11H2,1H3,(H,20,21). The predicted octanol–water partition coefficient (Wildman–Crippen LogP) is 3.34. The lowest BCUT2D eigenvalue weighted by molar-refractivity contribution is -0.121. The van der Waals surface area contributed by atoms with E-state index in [2.05, 4.69) is 10.3 Å². The van der Waals surface area contributed by atoms with Crippen molar-refractivity contribution in [2.24, 2.45) is 0 Å². The van der Waals surface area contributed by atoms with Crippen molar-refractivity contribution in [3.8, 4) is 17.1 Å². The first-order valence-corrected chi connectivity index (χ1v) is 8.13. The summed E-state index contributed by atoms with van der Waals surface area (Å²) in [4.78, 5) is 16.2. The van der Waals surface area contributed by atoms with Crippen molar-refractivity contribution in [3.63, 3.8) is 0 Å². The van der Waals surface area contributed by atoms with E-state index in [1.807, 2.05) is 24.3 Å². The molecule has 1 aromatic carbocycles. The van der Waals surface area contributed by atoms with Gasteiger partial charge in [-0.2, -0.15) is 0 Å². The topological polar surface area (TPSA) is 64.4 Å². The van der Waals surface area contributed by atoms with E-state index in [-0.39, 0.29) is 5.91 Å². The molecule has 0 spiro atoms. The maximum Gasteiger partial charge on any atom is 0.220 e. The predicted molar refractivity (Wildman–Crippen MR) is 87.2 cm³/mol. The summed E-state index contributed by atoms with van der Waals surface area (Å²) >= 11 is 0. The van der Waals surface area contributed by atoms with Gasteiger partial charge in [0.05, 0.1) is 13.3 Å². The normalized spacial score (nSPS) is 14.8. The van der Waals surface area contributed by atoms with Crippen LogP contribution in [0.2, 0.25) is 0 Å². The summed E-state index contributed by atoms with van der Waals surface area (Å²) in [6.45, 7) is 0. The lowest BCUT2D eigenvalue weighted by Crippen LogP contribution is -2.32. The molecule has 1 heterocycles. The van der Waals surface area contributed by atoms with Crippen LogP contribution in [-0.4, -0.2) is 24.0 Å². The molecule has 2 aromatic rings. The van der Waals surface area contributed by atoms with Gasteiger partial charge in [-0.05, 0) is 37.1 Å². The van der Waals surface area contributed by atoms with Crippen molar-refractivity contribution in [1.82, 2.24) is 10.3 Å². The molecule has 1 aromatic heterocycles. The van der Waals surface area contributed by atoms with E-state index >= 15 is 0 Å². The second-order valence-corrected chi connectivity index (χ2v) is 5.90. The molecular weight excluding hydrogens is 292 g/mol. The van der Waals surface area contributed by atoms with Gasteiger partial charge < -0.3 is 14.5 Å². The van der Waals surface area contributed by atoms with Crippen LogP contribution < -0.4 is 10.1 Å². The van der Waals surface area contributed by atoms with Crippen LogP contribution in [0.4, 0.5) is 0 Å². The van der Waals surface area contributed by atoms with Crippen molar-refractivity contribution in [3.05, 3.63) is 36.4 Å². The number of nitrogens with one attached hydrogen (secondary N) is 1. The third-order valence-electron chi connectivity index (χ3n) is 4.21. The first kappa shape index (κ1) is 15.6. The van der Waals surface area contributed by atoms with Crippen LogP contribution in [-0.2, 0) is 11.2 Å². The van der Waals surface area contributed by atoms with Gasteiger partial charge in [0, 0.05) is 24.4 Å². The number of carbonyl (C=O) groups is 1. The quantitative estimate of drug-likeness (QED) is 0.888. The number of benzene rings is 1. The second-order valence-electron chi connectivity index (χ2n) is 5.90. The van der Waals surface area contributed by atoms with Crippen molar-refractivity contribution in [1.29, 1.82) is 0 Å². The molecule has 1 saturated carbocycles. The summed E-state index contributed by atoms with van der Waals surface area (Å²) in [5, 5.41) is 3.08. The molecule has 0 aliphatic heterocycles. The number of methoxy groups -OCH3 is 1. The van der Waals surface area contributed by atoms with E-state index in [4.69, 9.17) is 9.15 Å². The summed E-state index contributed by atoms with van der Waals surface area (Å²) in [5.41, 5.74) is 0.944. The van der Waals surface area contributed by atoms with E-state index in [0.717, 1.165) is 24.2 Å². The molecule has 1 fully saturated rings. The smallest absolute Gasteiger partial charge is 0.220 e. The highest BCUT2D eigenvalue weighted by Gasteiger charge is 2.17. The number of hydrogen-bond acceptors (Lipinski definition) is 4. The lowest BCUT2D eigenvalue weighted by Gasteiger charge is -2.10. The maximum absolute atomic E-state index is 11.9. The molecule has 1 aliphatic rings. The van der Waals surface area contributed by atoms with Gasteiger partial charge in [-0.15, -0.1) is 0 Å². The molecule has 23 heavy (non-hydrogen) atoms. The third-order valence-corrected chi connectivity index (χ3v) is 4.21. The zero-order chi connectivity index (χ0) is 16.1. The molecule has 3 rings (SSSR count). The summed E-state index contributed by atoms with van der Waals surface area (Å²) in [6, 6.07) is 7.98. The minimum atomic E-state index is 0.0843. The Bertz CT molecular complexity index is 643. The molecular formula is C18H22N2O3. The summed E-state index contributed by atoms with van der Waals surface area (Å²) in [7, 11) is 1.64. The van der Waals surface area contributed by atoms with Gasteiger partial charge in [0.25, 0.3) is 0 Å². The molecule has 5 heteroatoms. The Kier molecular flexibility index (Phi) is 4.95. The minimum Gasteiger partial charge on any atom is -0.497 e. The Morgan fingerprint density at radius 1 is 1.30 bits per heavy atom. The first-order valence-electron chi connectivity index (χ1n) is 8.13. The van der Waals surface area contributed by atoms with Gasteiger partial charge in [0.15, 0.2) is 11.7 Å². The van der Waals surface area contributed by atoms with Gasteiger partial charge in [0.1, 0.15) is 5.75 Å². The van der Waals surface area contributed by atoms with Crippen molar-refractivity contribution in [2.75, 3.05) is 7.11 Å². The summed E-state index contributed by atoms with van der Waals surface area (Å²) in [5.74, 6) is 2.19. The zero-order valence-corrected chi connectivity index (χ0v) is 13.4. The highest BCUT2D eigenvalue weighted by atomic mass is 16.5. The Balaban J connectivity index is 1.53. The Morgan fingerprint density at radius 2 is 2.04 bits per heavy atom. The molecule has 0 atom stereocenters. The fraction of sp³-hybridized carbons (Fsp3) is 0.444. The largest absolute Gasteiger partial charge is 0.497 e. The lowest BCUT2D eigenvalue weighted by atomic mass is 10.2. The average molecular weight is 314 g/mol. The monoisotopic (exact) mass is 314 g/mol. The van der Waals surface area contributed by atoms with E-state index in [0.29, 0.717) is 30.5 Å². The SMILES string of the molecule is COc1ccc(-c2cnc(CCC(=O)NC3CCCC3)o2)cc1.